The molecule has 0 saturated carbocycles. The Bertz CT molecular complexity index is 319. The summed E-state index contributed by atoms with van der Waals surface area (Å²) in [4.78, 5) is 0. The maximum atomic E-state index is 12.5. The summed E-state index contributed by atoms with van der Waals surface area (Å²) in [6, 6.07) is 2.95. The summed E-state index contributed by atoms with van der Waals surface area (Å²) in [5.41, 5.74) is 0.627. The fraction of sp³-hybridized carbons (Fsp3) is 0.400. The molecule has 14 heavy (non-hydrogen) atoms. The van der Waals surface area contributed by atoms with E-state index in [9.17, 15) is 13.2 Å². The second-order valence-corrected chi connectivity index (χ2v) is 3.50. The first-order chi connectivity index (χ1) is 6.36. The van der Waals surface area contributed by atoms with Gasteiger partial charge in [-0.2, -0.15) is 13.2 Å². The van der Waals surface area contributed by atoms with E-state index in [-0.39, 0.29) is 17.0 Å². The van der Waals surface area contributed by atoms with Crippen LogP contribution in [0.25, 0.3) is 0 Å². The molecule has 0 aliphatic carbocycles. The minimum absolute atomic E-state index is 0.230. The highest BCUT2D eigenvalue weighted by Gasteiger charge is 2.34. The molecule has 4 heteroatoms. The zero-order chi connectivity index (χ0) is 10.9. The molecular weight excluding hydrogens is 213 g/mol. The minimum Gasteiger partial charge on any atom is -0.166 e. The van der Waals surface area contributed by atoms with Crippen molar-refractivity contribution >= 4 is 11.6 Å². The van der Waals surface area contributed by atoms with Crippen LogP contribution < -0.4 is 0 Å². The van der Waals surface area contributed by atoms with Gasteiger partial charge in [0, 0.05) is 5.88 Å². The molecule has 0 fully saturated rings. The lowest BCUT2D eigenvalue weighted by Gasteiger charge is -2.14. The number of benzene rings is 1. The summed E-state index contributed by atoms with van der Waals surface area (Å²) in [7, 11) is 0. The van der Waals surface area contributed by atoms with Gasteiger partial charge in [0.15, 0.2) is 0 Å². The van der Waals surface area contributed by atoms with Crippen LogP contribution in [0, 0.1) is 13.8 Å². The monoisotopic (exact) mass is 222 g/mol. The molecule has 0 aliphatic heterocycles. The lowest BCUT2D eigenvalue weighted by Crippen LogP contribution is -2.10. The first-order valence-electron chi connectivity index (χ1n) is 4.09. The van der Waals surface area contributed by atoms with E-state index < -0.39 is 11.7 Å². The highest BCUT2D eigenvalue weighted by Crippen LogP contribution is 2.34. The molecule has 0 saturated heterocycles. The smallest absolute Gasteiger partial charge is 0.166 e. The van der Waals surface area contributed by atoms with E-state index in [4.69, 9.17) is 11.6 Å². The average molecular weight is 223 g/mol. The standard InChI is InChI=1S/C10H10ClF3/c1-6-3-8(5-11)4-7(2)9(6)10(12,13)14/h3-4H,5H2,1-2H3. The summed E-state index contributed by atoms with van der Waals surface area (Å²) in [6.45, 7) is 2.90. The topological polar surface area (TPSA) is 0 Å². The van der Waals surface area contributed by atoms with E-state index in [0.717, 1.165) is 5.56 Å². The van der Waals surface area contributed by atoms with Crippen molar-refractivity contribution in [3.63, 3.8) is 0 Å². The van der Waals surface area contributed by atoms with Gasteiger partial charge in [0.05, 0.1) is 5.56 Å². The van der Waals surface area contributed by atoms with Crippen LogP contribution in [0.15, 0.2) is 12.1 Å². The van der Waals surface area contributed by atoms with Gasteiger partial charge in [0.2, 0.25) is 0 Å². The molecule has 0 bridgehead atoms. The highest BCUT2D eigenvalue weighted by atomic mass is 35.5. The fourth-order valence-electron chi connectivity index (χ4n) is 1.58. The normalized spacial score (nSPS) is 11.9. The molecule has 0 amide bonds. The number of hydrogen-bond acceptors (Lipinski definition) is 0. The van der Waals surface area contributed by atoms with E-state index in [1.165, 1.54) is 26.0 Å². The average Bonchev–Trinajstić information content (AvgIpc) is 1.99. The van der Waals surface area contributed by atoms with Crippen LogP contribution in [0.2, 0.25) is 0 Å². The van der Waals surface area contributed by atoms with Gasteiger partial charge in [-0.15, -0.1) is 11.6 Å². The lowest BCUT2D eigenvalue weighted by atomic mass is 9.99. The fourth-order valence-corrected chi connectivity index (χ4v) is 1.73. The van der Waals surface area contributed by atoms with Crippen molar-refractivity contribution < 1.29 is 13.2 Å². The van der Waals surface area contributed by atoms with Gasteiger partial charge >= 0.3 is 6.18 Å². The Labute approximate surface area is 85.7 Å². The van der Waals surface area contributed by atoms with Gasteiger partial charge in [0.1, 0.15) is 0 Å². The van der Waals surface area contributed by atoms with Crippen molar-refractivity contribution in [2.45, 2.75) is 25.9 Å². The van der Waals surface area contributed by atoms with E-state index in [0.29, 0.717) is 0 Å². The Morgan fingerprint density at radius 2 is 1.57 bits per heavy atom. The SMILES string of the molecule is Cc1cc(CCl)cc(C)c1C(F)(F)F. The molecule has 0 heterocycles. The second-order valence-electron chi connectivity index (χ2n) is 3.24. The third-order valence-corrected chi connectivity index (χ3v) is 2.34. The number of aryl methyl sites for hydroxylation is 2. The van der Waals surface area contributed by atoms with Crippen molar-refractivity contribution in [1.82, 2.24) is 0 Å². The summed E-state index contributed by atoms with van der Waals surface area (Å²) >= 11 is 5.56. The Kier molecular flexibility index (Phi) is 3.10. The van der Waals surface area contributed by atoms with Crippen LogP contribution in [0.3, 0.4) is 0 Å². The van der Waals surface area contributed by atoms with Gasteiger partial charge in [-0.1, -0.05) is 12.1 Å². The predicted molar refractivity (Wildman–Crippen MR) is 50.5 cm³/mol. The number of halogens is 4. The molecular formula is C10H10ClF3. The molecule has 1 rings (SSSR count). The molecule has 0 atom stereocenters. The molecule has 1 aromatic rings. The Morgan fingerprint density at radius 1 is 1.14 bits per heavy atom. The van der Waals surface area contributed by atoms with Gasteiger partial charge in [-0.05, 0) is 30.5 Å². The second kappa shape index (κ2) is 3.81. The molecule has 1 aromatic carbocycles. The van der Waals surface area contributed by atoms with Gasteiger partial charge in [0.25, 0.3) is 0 Å². The van der Waals surface area contributed by atoms with Crippen LogP contribution >= 0.6 is 11.6 Å². The zero-order valence-electron chi connectivity index (χ0n) is 7.87. The lowest BCUT2D eigenvalue weighted by molar-refractivity contribution is -0.138. The third-order valence-electron chi connectivity index (χ3n) is 2.03. The number of hydrogen-bond donors (Lipinski definition) is 0. The van der Waals surface area contributed by atoms with Crippen LogP contribution in [0.5, 0.6) is 0 Å². The molecule has 0 spiro atoms. The molecule has 0 unspecified atom stereocenters. The maximum absolute atomic E-state index is 12.5. The van der Waals surface area contributed by atoms with Crippen molar-refractivity contribution in [3.8, 4) is 0 Å². The van der Waals surface area contributed by atoms with Gasteiger partial charge in [-0.25, -0.2) is 0 Å². The van der Waals surface area contributed by atoms with Crippen molar-refractivity contribution in [3.05, 3.63) is 34.4 Å². The number of alkyl halides is 4. The van der Waals surface area contributed by atoms with E-state index in [1.807, 2.05) is 0 Å². The maximum Gasteiger partial charge on any atom is 0.416 e. The largest absolute Gasteiger partial charge is 0.416 e. The van der Waals surface area contributed by atoms with Crippen molar-refractivity contribution in [1.29, 1.82) is 0 Å². The van der Waals surface area contributed by atoms with Crippen molar-refractivity contribution in [2.24, 2.45) is 0 Å². The molecule has 78 valence electrons. The van der Waals surface area contributed by atoms with E-state index >= 15 is 0 Å². The van der Waals surface area contributed by atoms with Gasteiger partial charge < -0.3 is 0 Å². The Hall–Kier alpha value is -0.700. The molecule has 0 N–H and O–H groups in total. The summed E-state index contributed by atoms with van der Waals surface area (Å²) < 4.78 is 37.5. The summed E-state index contributed by atoms with van der Waals surface area (Å²) in [6.07, 6.45) is -4.28. The zero-order valence-corrected chi connectivity index (χ0v) is 8.63. The highest BCUT2D eigenvalue weighted by molar-refractivity contribution is 6.17. The third kappa shape index (κ3) is 2.21. The molecule has 0 radical (unpaired) electrons. The molecule has 0 aromatic heterocycles. The van der Waals surface area contributed by atoms with Crippen LogP contribution in [0.4, 0.5) is 13.2 Å². The number of rotatable bonds is 1. The molecule has 0 aliphatic rings. The van der Waals surface area contributed by atoms with Crippen LogP contribution in [-0.4, -0.2) is 0 Å². The first-order valence-corrected chi connectivity index (χ1v) is 4.63. The summed E-state index contributed by atoms with van der Waals surface area (Å²) in [5.74, 6) is 0.236. The predicted octanol–water partition coefficient (Wildman–Crippen LogP) is 4.06. The van der Waals surface area contributed by atoms with E-state index in [1.54, 1.807) is 0 Å². The van der Waals surface area contributed by atoms with Crippen LogP contribution in [-0.2, 0) is 12.1 Å². The Balaban J connectivity index is 3.33. The first kappa shape index (κ1) is 11.4. The minimum atomic E-state index is -4.28. The van der Waals surface area contributed by atoms with E-state index in [2.05, 4.69) is 0 Å². The van der Waals surface area contributed by atoms with Crippen molar-refractivity contribution in [2.75, 3.05) is 0 Å². The van der Waals surface area contributed by atoms with Crippen LogP contribution in [0.1, 0.15) is 22.3 Å². The molecule has 0 nitrogen and oxygen atoms in total. The Morgan fingerprint density at radius 3 is 1.86 bits per heavy atom. The quantitative estimate of drug-likeness (QED) is 0.629. The van der Waals surface area contributed by atoms with Gasteiger partial charge in [-0.3, -0.25) is 0 Å². The summed E-state index contributed by atoms with van der Waals surface area (Å²) in [5, 5.41) is 0.